The summed E-state index contributed by atoms with van der Waals surface area (Å²) in [7, 11) is 0. The number of hydrogen-bond acceptors (Lipinski definition) is 4. The van der Waals surface area contributed by atoms with Gasteiger partial charge < -0.3 is 10.3 Å². The maximum Gasteiger partial charge on any atom is 0.237 e. The van der Waals surface area contributed by atoms with Gasteiger partial charge in [-0.25, -0.2) is 0 Å². The molecule has 0 aliphatic heterocycles. The predicted molar refractivity (Wildman–Crippen MR) is 76.4 cm³/mol. The number of nitrogens with one attached hydrogen (secondary N) is 1. The zero-order valence-corrected chi connectivity index (χ0v) is 11.6. The van der Waals surface area contributed by atoms with Crippen molar-refractivity contribution < 1.29 is 9.32 Å². The number of hydrogen-bond donors (Lipinski definition) is 2. The van der Waals surface area contributed by atoms with Crippen LogP contribution in [0.2, 0.25) is 0 Å². The van der Waals surface area contributed by atoms with E-state index >= 15 is 0 Å². The molecule has 0 saturated heterocycles. The lowest BCUT2D eigenvalue weighted by Gasteiger charge is -2.14. The number of nitrogens with zero attached hydrogens (tertiary/aromatic N) is 1. The molecule has 2 aromatic rings. The lowest BCUT2D eigenvalue weighted by Crippen LogP contribution is -2.27. The SMILES string of the molecule is Cc1noc(NC(=O)C2(c3ccc(N)cc3)CC2)c1C. The molecule has 3 N–H and O–H groups in total. The summed E-state index contributed by atoms with van der Waals surface area (Å²) >= 11 is 0. The molecule has 5 nitrogen and oxygen atoms in total. The van der Waals surface area contributed by atoms with E-state index in [0.717, 1.165) is 29.7 Å². The zero-order valence-electron chi connectivity index (χ0n) is 11.6. The van der Waals surface area contributed by atoms with Crippen LogP contribution >= 0.6 is 0 Å². The van der Waals surface area contributed by atoms with Gasteiger partial charge in [-0.2, -0.15) is 0 Å². The molecule has 1 aliphatic carbocycles. The third-order valence-electron chi connectivity index (χ3n) is 4.03. The minimum Gasteiger partial charge on any atom is -0.399 e. The van der Waals surface area contributed by atoms with Crippen molar-refractivity contribution in [1.82, 2.24) is 5.16 Å². The highest BCUT2D eigenvalue weighted by Gasteiger charge is 2.51. The number of amides is 1. The van der Waals surface area contributed by atoms with Crippen LogP contribution in [0.15, 0.2) is 28.8 Å². The fourth-order valence-corrected chi connectivity index (χ4v) is 2.33. The lowest BCUT2D eigenvalue weighted by molar-refractivity contribution is -0.118. The molecule has 0 bridgehead atoms. The van der Waals surface area contributed by atoms with E-state index in [1.165, 1.54) is 0 Å². The third kappa shape index (κ3) is 1.95. The van der Waals surface area contributed by atoms with Crippen LogP contribution in [0.25, 0.3) is 0 Å². The Labute approximate surface area is 117 Å². The summed E-state index contributed by atoms with van der Waals surface area (Å²) in [6.45, 7) is 3.73. The van der Waals surface area contributed by atoms with Crippen molar-refractivity contribution in [3.05, 3.63) is 41.1 Å². The number of rotatable bonds is 3. The zero-order chi connectivity index (χ0) is 14.3. The Balaban J connectivity index is 1.83. The summed E-state index contributed by atoms with van der Waals surface area (Å²) in [5, 5.41) is 6.70. The van der Waals surface area contributed by atoms with E-state index in [0.29, 0.717) is 11.6 Å². The molecule has 20 heavy (non-hydrogen) atoms. The largest absolute Gasteiger partial charge is 0.399 e. The molecule has 0 spiro atoms. The van der Waals surface area contributed by atoms with Crippen LogP contribution in [0.4, 0.5) is 11.6 Å². The molecule has 0 radical (unpaired) electrons. The van der Waals surface area contributed by atoms with Gasteiger partial charge in [-0.1, -0.05) is 17.3 Å². The van der Waals surface area contributed by atoms with Crippen molar-refractivity contribution >= 4 is 17.5 Å². The number of carbonyl (C=O) groups is 1. The summed E-state index contributed by atoms with van der Waals surface area (Å²) in [4.78, 5) is 12.5. The molecule has 0 atom stereocenters. The van der Waals surface area contributed by atoms with Crippen molar-refractivity contribution in [3.63, 3.8) is 0 Å². The maximum atomic E-state index is 12.5. The summed E-state index contributed by atoms with van der Waals surface area (Å²) in [6, 6.07) is 7.49. The van der Waals surface area contributed by atoms with Crippen molar-refractivity contribution in [2.75, 3.05) is 11.1 Å². The summed E-state index contributed by atoms with van der Waals surface area (Å²) in [5.41, 5.74) is 8.60. The number of anilines is 2. The van der Waals surface area contributed by atoms with Crippen LogP contribution in [0.1, 0.15) is 29.7 Å². The van der Waals surface area contributed by atoms with Gasteiger partial charge in [-0.05, 0) is 44.4 Å². The van der Waals surface area contributed by atoms with E-state index in [1.807, 2.05) is 38.1 Å². The Kier molecular flexibility index (Phi) is 2.78. The Hall–Kier alpha value is -2.30. The van der Waals surface area contributed by atoms with E-state index in [4.69, 9.17) is 10.3 Å². The summed E-state index contributed by atoms with van der Waals surface area (Å²) < 4.78 is 5.14. The van der Waals surface area contributed by atoms with Gasteiger partial charge in [0.25, 0.3) is 0 Å². The lowest BCUT2D eigenvalue weighted by atomic mass is 9.95. The number of carbonyl (C=O) groups excluding carboxylic acids is 1. The van der Waals surface area contributed by atoms with Crippen LogP contribution < -0.4 is 11.1 Å². The van der Waals surface area contributed by atoms with E-state index in [9.17, 15) is 4.79 Å². The van der Waals surface area contributed by atoms with Crippen LogP contribution in [0.5, 0.6) is 0 Å². The minimum absolute atomic E-state index is 0.0403. The van der Waals surface area contributed by atoms with E-state index in [-0.39, 0.29) is 5.91 Å². The standard InChI is InChI=1S/C15H17N3O2/c1-9-10(2)18-20-13(9)17-14(19)15(7-8-15)11-3-5-12(16)6-4-11/h3-6H,7-8,16H2,1-2H3,(H,17,19). The molecule has 1 saturated carbocycles. The van der Waals surface area contributed by atoms with Gasteiger partial charge in [-0.3, -0.25) is 10.1 Å². The first-order valence-corrected chi connectivity index (χ1v) is 6.63. The number of nitrogens with two attached hydrogens (primary N) is 1. The second-order valence-corrected chi connectivity index (χ2v) is 5.38. The molecular formula is C15H17N3O2. The van der Waals surface area contributed by atoms with Gasteiger partial charge in [0, 0.05) is 11.3 Å². The normalized spacial score (nSPS) is 15.9. The second kappa shape index (κ2) is 4.37. The van der Waals surface area contributed by atoms with E-state index < -0.39 is 5.41 Å². The average Bonchev–Trinajstić information content (AvgIpc) is 3.19. The van der Waals surface area contributed by atoms with Gasteiger partial charge in [-0.15, -0.1) is 0 Å². The topological polar surface area (TPSA) is 81.2 Å². The molecule has 5 heteroatoms. The Bertz CT molecular complexity index is 654. The fraction of sp³-hybridized carbons (Fsp3) is 0.333. The number of aromatic nitrogens is 1. The fourth-order valence-electron chi connectivity index (χ4n) is 2.33. The molecule has 0 unspecified atom stereocenters. The Morgan fingerprint density at radius 1 is 1.30 bits per heavy atom. The Morgan fingerprint density at radius 3 is 2.45 bits per heavy atom. The monoisotopic (exact) mass is 271 g/mol. The van der Waals surface area contributed by atoms with Gasteiger partial charge in [0.1, 0.15) is 0 Å². The first-order valence-electron chi connectivity index (χ1n) is 6.63. The number of nitrogen functional groups attached to an aromatic ring is 1. The first-order chi connectivity index (χ1) is 9.53. The number of aryl methyl sites for hydroxylation is 1. The van der Waals surface area contributed by atoms with Gasteiger partial charge in [0.05, 0.1) is 11.1 Å². The first kappa shape index (κ1) is 12.7. The highest BCUT2D eigenvalue weighted by Crippen LogP contribution is 2.49. The van der Waals surface area contributed by atoms with Crippen molar-refractivity contribution in [2.24, 2.45) is 0 Å². The number of benzene rings is 1. The van der Waals surface area contributed by atoms with E-state index in [1.54, 1.807) is 0 Å². The molecule has 1 fully saturated rings. The highest BCUT2D eigenvalue weighted by molar-refractivity contribution is 6.01. The summed E-state index contributed by atoms with van der Waals surface area (Å²) in [5.74, 6) is 0.399. The van der Waals surface area contributed by atoms with E-state index in [2.05, 4.69) is 10.5 Å². The second-order valence-electron chi connectivity index (χ2n) is 5.38. The van der Waals surface area contributed by atoms with Gasteiger partial charge in [0.15, 0.2) is 0 Å². The van der Waals surface area contributed by atoms with Crippen LogP contribution in [0, 0.1) is 13.8 Å². The molecule has 3 rings (SSSR count). The molecule has 1 aromatic heterocycles. The molecule has 1 aromatic carbocycles. The van der Waals surface area contributed by atoms with Crippen molar-refractivity contribution in [3.8, 4) is 0 Å². The highest BCUT2D eigenvalue weighted by atomic mass is 16.5. The average molecular weight is 271 g/mol. The van der Waals surface area contributed by atoms with Crippen LogP contribution in [-0.2, 0) is 10.2 Å². The van der Waals surface area contributed by atoms with Crippen LogP contribution in [0.3, 0.4) is 0 Å². The minimum atomic E-state index is -0.444. The molecule has 1 amide bonds. The molecule has 104 valence electrons. The van der Waals surface area contributed by atoms with Crippen molar-refractivity contribution in [2.45, 2.75) is 32.1 Å². The third-order valence-corrected chi connectivity index (χ3v) is 4.03. The molecule has 1 aliphatic rings. The summed E-state index contributed by atoms with van der Waals surface area (Å²) in [6.07, 6.45) is 1.68. The molecule has 1 heterocycles. The van der Waals surface area contributed by atoms with Crippen molar-refractivity contribution in [1.29, 1.82) is 0 Å². The quantitative estimate of drug-likeness (QED) is 0.840. The van der Waals surface area contributed by atoms with Crippen LogP contribution in [-0.4, -0.2) is 11.1 Å². The predicted octanol–water partition coefficient (Wildman–Crippen LogP) is 2.54. The Morgan fingerprint density at radius 2 is 1.95 bits per heavy atom. The van der Waals surface area contributed by atoms with Gasteiger partial charge in [0.2, 0.25) is 11.8 Å². The molecular weight excluding hydrogens is 254 g/mol. The van der Waals surface area contributed by atoms with Gasteiger partial charge >= 0.3 is 0 Å². The maximum absolute atomic E-state index is 12.5. The smallest absolute Gasteiger partial charge is 0.237 e.